The van der Waals surface area contributed by atoms with Crippen molar-refractivity contribution in [3.05, 3.63) is 29.0 Å². The lowest BCUT2D eigenvalue weighted by molar-refractivity contribution is -0.143. The summed E-state index contributed by atoms with van der Waals surface area (Å²) in [7, 11) is -3.36. The van der Waals surface area contributed by atoms with Crippen LogP contribution in [-0.2, 0) is 35.6 Å². The minimum atomic E-state index is -3.36. The van der Waals surface area contributed by atoms with Gasteiger partial charge in [0, 0.05) is 43.4 Å². The predicted octanol–water partition coefficient (Wildman–Crippen LogP) is 3.44. The van der Waals surface area contributed by atoms with Gasteiger partial charge in [-0.1, -0.05) is 65.9 Å². The van der Waals surface area contributed by atoms with E-state index in [-0.39, 0.29) is 34.7 Å². The summed E-state index contributed by atoms with van der Waals surface area (Å²) in [6.45, 7) is 12.6. The van der Waals surface area contributed by atoms with Crippen LogP contribution in [0.15, 0.2) is 29.0 Å². The fourth-order valence-electron chi connectivity index (χ4n) is 6.72. The van der Waals surface area contributed by atoms with E-state index in [9.17, 15) is 32.4 Å². The van der Waals surface area contributed by atoms with Crippen molar-refractivity contribution in [3.8, 4) is 0 Å². The molecule has 2 fully saturated rings. The Kier molecular flexibility index (Phi) is 16.1. The van der Waals surface area contributed by atoms with Gasteiger partial charge in [0.15, 0.2) is 9.84 Å². The molecule has 1 unspecified atom stereocenters. The molecule has 2 aliphatic rings. The minimum absolute atomic E-state index is 0.104. The third-order valence-corrected chi connectivity index (χ3v) is 11.9. The van der Waals surface area contributed by atoms with E-state index in [1.165, 1.54) is 28.6 Å². The first kappa shape index (κ1) is 42.1. The SMILES string of the molecule is C=CCNC(=O)C(=O)C(CCCC)NC(=O)[C@@H]1CCCN1C(=O)[C@@H](NC(=O)N[C@H](CNCc1sccc1S(C)(=O)=O)C(C)(C)C)C1CCCCC1. The van der Waals surface area contributed by atoms with Crippen LogP contribution >= 0.6 is 11.3 Å². The van der Waals surface area contributed by atoms with Crippen LogP contribution in [0.25, 0.3) is 0 Å². The highest BCUT2D eigenvalue weighted by atomic mass is 32.2. The number of rotatable bonds is 18. The molecule has 0 spiro atoms. The van der Waals surface area contributed by atoms with E-state index < -0.39 is 51.6 Å². The van der Waals surface area contributed by atoms with Gasteiger partial charge in [0.1, 0.15) is 12.1 Å². The molecule has 15 heteroatoms. The van der Waals surface area contributed by atoms with Crippen molar-refractivity contribution in [1.82, 2.24) is 31.5 Å². The summed E-state index contributed by atoms with van der Waals surface area (Å²) in [6, 6.07) is -1.97. The zero-order chi connectivity index (χ0) is 37.8. The molecule has 3 rings (SSSR count). The fourth-order valence-corrected chi connectivity index (χ4v) is 8.94. The van der Waals surface area contributed by atoms with Crippen molar-refractivity contribution < 1.29 is 32.4 Å². The number of carbonyl (C=O) groups excluding carboxylic acids is 5. The number of likely N-dealkylation sites (tertiary alicyclic amines) is 1. The molecule has 1 saturated heterocycles. The number of ketones is 1. The molecule has 1 saturated carbocycles. The van der Waals surface area contributed by atoms with Gasteiger partial charge in [-0.15, -0.1) is 17.9 Å². The highest BCUT2D eigenvalue weighted by molar-refractivity contribution is 7.90. The van der Waals surface area contributed by atoms with Gasteiger partial charge in [-0.05, 0) is 54.9 Å². The van der Waals surface area contributed by atoms with Crippen molar-refractivity contribution in [1.29, 1.82) is 0 Å². The number of hydrogen-bond donors (Lipinski definition) is 5. The van der Waals surface area contributed by atoms with Crippen LogP contribution in [0.3, 0.4) is 0 Å². The van der Waals surface area contributed by atoms with Crippen LogP contribution in [0.1, 0.15) is 96.8 Å². The molecule has 4 atom stereocenters. The van der Waals surface area contributed by atoms with Gasteiger partial charge >= 0.3 is 6.03 Å². The van der Waals surface area contributed by atoms with Crippen molar-refractivity contribution in [2.24, 2.45) is 11.3 Å². The number of hydrogen-bond acceptors (Lipinski definition) is 9. The van der Waals surface area contributed by atoms with Crippen molar-refractivity contribution in [3.63, 3.8) is 0 Å². The zero-order valence-electron chi connectivity index (χ0n) is 30.8. The molecule has 0 bridgehead atoms. The fraction of sp³-hybridized carbons (Fsp3) is 0.694. The summed E-state index contributed by atoms with van der Waals surface area (Å²) in [5.41, 5.74) is -0.379. The summed E-state index contributed by atoms with van der Waals surface area (Å²) in [4.78, 5) is 69.6. The number of Topliss-reactive ketones (excluding diaryl/α,β-unsaturated/α-hetero) is 1. The Labute approximate surface area is 307 Å². The van der Waals surface area contributed by atoms with E-state index >= 15 is 0 Å². The Morgan fingerprint density at radius 2 is 1.75 bits per heavy atom. The molecule has 1 aliphatic heterocycles. The van der Waals surface area contributed by atoms with Crippen LogP contribution in [0.4, 0.5) is 4.79 Å². The Morgan fingerprint density at radius 1 is 1.04 bits per heavy atom. The summed E-state index contributed by atoms with van der Waals surface area (Å²) < 4.78 is 24.3. The van der Waals surface area contributed by atoms with Gasteiger partial charge in [0.05, 0.1) is 10.9 Å². The first-order chi connectivity index (χ1) is 24.1. The monoisotopic (exact) mass is 750 g/mol. The van der Waals surface area contributed by atoms with Crippen LogP contribution in [0.2, 0.25) is 0 Å². The number of sulfone groups is 1. The number of carbonyl (C=O) groups is 5. The Balaban J connectivity index is 1.73. The first-order valence-electron chi connectivity index (χ1n) is 18.2. The van der Waals surface area contributed by atoms with Gasteiger partial charge in [-0.25, -0.2) is 13.2 Å². The van der Waals surface area contributed by atoms with Crippen LogP contribution in [0, 0.1) is 11.3 Å². The lowest BCUT2D eigenvalue weighted by Gasteiger charge is -2.36. The highest BCUT2D eigenvalue weighted by Crippen LogP contribution is 2.30. The molecule has 1 aromatic heterocycles. The standard InChI is InChI=1S/C36H58N6O7S2/c1-7-9-16-25(31(43)33(45)38-19-8-2)39-32(44)26-17-13-20-42(26)34(46)30(24-14-11-10-12-15-24)41-35(47)40-29(36(3,4)5)23-37-22-27-28(18-21-50-27)51(6,48)49/h8,18,21,24-26,29-30,37H,2,7,9-17,19-20,22-23H2,1,3-6H3,(H,38,45)(H,39,44)(H2,40,41,47)/t25?,26-,29+,30-/m0/s1. The van der Waals surface area contributed by atoms with E-state index in [1.54, 1.807) is 11.4 Å². The van der Waals surface area contributed by atoms with Crippen LogP contribution < -0.4 is 26.6 Å². The molecule has 0 aromatic carbocycles. The maximum absolute atomic E-state index is 14.3. The number of amides is 5. The van der Waals surface area contributed by atoms with Gasteiger partial charge in [0.2, 0.25) is 17.6 Å². The Bertz CT molecular complexity index is 1480. The molecule has 1 aromatic rings. The second-order valence-electron chi connectivity index (χ2n) is 14.8. The summed E-state index contributed by atoms with van der Waals surface area (Å²) in [6.07, 6.45) is 9.78. The van der Waals surface area contributed by atoms with Crippen molar-refractivity contribution in [2.45, 2.75) is 128 Å². The van der Waals surface area contributed by atoms with E-state index in [2.05, 4.69) is 33.2 Å². The molecule has 5 amide bonds. The number of nitrogens with zero attached hydrogens (tertiary/aromatic N) is 1. The summed E-state index contributed by atoms with van der Waals surface area (Å²) in [5.74, 6) is -2.44. The molecule has 2 heterocycles. The molecule has 5 N–H and O–H groups in total. The van der Waals surface area contributed by atoms with E-state index in [0.717, 1.165) is 38.5 Å². The van der Waals surface area contributed by atoms with Crippen LogP contribution in [0.5, 0.6) is 0 Å². The smallest absolute Gasteiger partial charge is 0.315 e. The van der Waals surface area contributed by atoms with Gasteiger partial charge in [-0.3, -0.25) is 19.2 Å². The summed E-state index contributed by atoms with van der Waals surface area (Å²) >= 11 is 1.35. The number of urea groups is 1. The largest absolute Gasteiger partial charge is 0.346 e. The van der Waals surface area contributed by atoms with E-state index in [1.807, 2.05) is 27.7 Å². The maximum Gasteiger partial charge on any atom is 0.315 e. The summed E-state index contributed by atoms with van der Waals surface area (Å²) in [5, 5.41) is 16.3. The quantitative estimate of drug-likeness (QED) is 0.112. The van der Waals surface area contributed by atoms with Crippen molar-refractivity contribution >= 4 is 50.7 Å². The van der Waals surface area contributed by atoms with Gasteiger partial charge in [0.25, 0.3) is 5.91 Å². The molecule has 13 nitrogen and oxygen atoms in total. The number of thiophene rings is 1. The van der Waals surface area contributed by atoms with Crippen LogP contribution in [-0.4, -0.2) is 92.9 Å². The molecule has 286 valence electrons. The van der Waals surface area contributed by atoms with Crippen molar-refractivity contribution in [2.75, 3.05) is 25.9 Å². The molecular weight excluding hydrogens is 693 g/mol. The molecule has 0 radical (unpaired) electrons. The first-order valence-corrected chi connectivity index (χ1v) is 20.9. The maximum atomic E-state index is 14.3. The minimum Gasteiger partial charge on any atom is -0.346 e. The van der Waals surface area contributed by atoms with E-state index in [4.69, 9.17) is 0 Å². The third kappa shape index (κ3) is 12.4. The topological polar surface area (TPSA) is 183 Å². The third-order valence-electron chi connectivity index (χ3n) is 9.71. The Hall–Kier alpha value is -3.30. The van der Waals surface area contributed by atoms with Gasteiger partial charge in [-0.2, -0.15) is 0 Å². The molecule has 51 heavy (non-hydrogen) atoms. The average Bonchev–Trinajstić information content (AvgIpc) is 3.77. The lowest BCUT2D eigenvalue weighted by atomic mass is 9.83. The normalized spacial score (nSPS) is 18.7. The Morgan fingerprint density at radius 3 is 2.37 bits per heavy atom. The predicted molar refractivity (Wildman–Crippen MR) is 199 cm³/mol. The highest BCUT2D eigenvalue weighted by Gasteiger charge is 2.42. The lowest BCUT2D eigenvalue weighted by Crippen LogP contribution is -2.60. The second kappa shape index (κ2) is 19.5. The molecule has 1 aliphatic carbocycles. The average molecular weight is 751 g/mol. The second-order valence-corrected chi connectivity index (χ2v) is 17.8. The van der Waals surface area contributed by atoms with E-state index in [0.29, 0.717) is 50.2 Å². The molecular formula is C36H58N6O7S2. The zero-order valence-corrected chi connectivity index (χ0v) is 32.5. The number of nitrogens with one attached hydrogen (secondary N) is 5. The number of unbranched alkanes of at least 4 members (excludes halogenated alkanes) is 1. The van der Waals surface area contributed by atoms with Gasteiger partial charge < -0.3 is 31.5 Å².